The Balaban J connectivity index is 1.84. The van der Waals surface area contributed by atoms with Gasteiger partial charge in [-0.3, -0.25) is 9.69 Å². The minimum atomic E-state index is -0.538. The van der Waals surface area contributed by atoms with Crippen LogP contribution >= 0.6 is 11.3 Å². The molecular weight excluding hydrogens is 354 g/mol. The van der Waals surface area contributed by atoms with Gasteiger partial charge in [0.15, 0.2) is 10.8 Å². The molecule has 1 aromatic carbocycles. The summed E-state index contributed by atoms with van der Waals surface area (Å²) in [6.45, 7) is 3.89. The molecule has 8 heteroatoms. The third-order valence-electron chi connectivity index (χ3n) is 3.68. The first-order valence-electron chi connectivity index (χ1n) is 7.92. The zero-order chi connectivity index (χ0) is 18.7. The van der Waals surface area contributed by atoms with Crippen LogP contribution in [0.1, 0.15) is 25.1 Å². The highest BCUT2D eigenvalue weighted by Gasteiger charge is 2.24. The summed E-state index contributed by atoms with van der Waals surface area (Å²) in [6.07, 6.45) is 1.55. The monoisotopic (exact) mass is 371 g/mol. The van der Waals surface area contributed by atoms with Gasteiger partial charge in [-0.15, -0.1) is 11.3 Å². The summed E-state index contributed by atoms with van der Waals surface area (Å²) in [6, 6.07) is 7.06. The quantitative estimate of drug-likeness (QED) is 0.596. The summed E-state index contributed by atoms with van der Waals surface area (Å²) in [5, 5.41) is 2.35. The summed E-state index contributed by atoms with van der Waals surface area (Å²) < 4.78 is 10.3. The predicted molar refractivity (Wildman–Crippen MR) is 99.4 cm³/mol. The minimum absolute atomic E-state index is 0.0823. The van der Waals surface area contributed by atoms with Crippen molar-refractivity contribution in [3.05, 3.63) is 46.6 Å². The number of benzene rings is 1. The molecule has 0 aliphatic carbocycles. The Kier molecular flexibility index (Phi) is 5.13. The number of thiazole rings is 1. The highest BCUT2D eigenvalue weighted by atomic mass is 32.1. The van der Waals surface area contributed by atoms with Gasteiger partial charge >= 0.3 is 5.97 Å². The molecule has 1 amide bonds. The van der Waals surface area contributed by atoms with Crippen molar-refractivity contribution in [3.63, 3.8) is 0 Å². The number of rotatable bonds is 5. The molecule has 0 bridgehead atoms. The van der Waals surface area contributed by atoms with E-state index in [1.807, 2.05) is 6.92 Å². The molecule has 0 saturated heterocycles. The number of amides is 1. The average Bonchev–Trinajstić information content (AvgIpc) is 3.23. The van der Waals surface area contributed by atoms with Gasteiger partial charge in [-0.1, -0.05) is 0 Å². The summed E-state index contributed by atoms with van der Waals surface area (Å²) in [5.74, 6) is 0.319. The minimum Gasteiger partial charge on any atom is -0.497 e. The van der Waals surface area contributed by atoms with Crippen molar-refractivity contribution in [1.82, 2.24) is 4.98 Å². The molecule has 0 fully saturated rings. The molecule has 1 aromatic heterocycles. The predicted octanol–water partition coefficient (Wildman–Crippen LogP) is 2.87. The third kappa shape index (κ3) is 3.65. The Labute approximate surface area is 154 Å². The molecule has 0 spiro atoms. The van der Waals surface area contributed by atoms with E-state index in [2.05, 4.69) is 9.98 Å². The van der Waals surface area contributed by atoms with E-state index in [1.54, 1.807) is 47.7 Å². The summed E-state index contributed by atoms with van der Waals surface area (Å²) in [4.78, 5) is 33.9. The van der Waals surface area contributed by atoms with E-state index in [4.69, 9.17) is 9.47 Å². The Hall–Kier alpha value is -3.00. The second-order valence-electron chi connectivity index (χ2n) is 5.38. The van der Waals surface area contributed by atoms with E-state index in [0.717, 1.165) is 0 Å². The third-order valence-corrected chi connectivity index (χ3v) is 4.56. The lowest BCUT2D eigenvalue weighted by molar-refractivity contribution is -0.130. The number of nitrogens with zero attached hydrogens (tertiary/aromatic N) is 3. The van der Waals surface area contributed by atoms with Crippen molar-refractivity contribution in [2.45, 2.75) is 13.8 Å². The van der Waals surface area contributed by atoms with Gasteiger partial charge in [0.1, 0.15) is 5.75 Å². The maximum atomic E-state index is 12.1. The van der Waals surface area contributed by atoms with Crippen molar-refractivity contribution in [2.24, 2.45) is 4.99 Å². The topological polar surface area (TPSA) is 81.1 Å². The highest BCUT2D eigenvalue weighted by Crippen LogP contribution is 2.24. The van der Waals surface area contributed by atoms with Crippen LogP contribution < -0.4 is 9.64 Å². The molecule has 0 saturated carbocycles. The van der Waals surface area contributed by atoms with E-state index >= 15 is 0 Å². The number of aromatic nitrogens is 1. The molecule has 7 nitrogen and oxygen atoms in total. The number of methoxy groups -OCH3 is 1. The Morgan fingerprint density at radius 1 is 1.35 bits per heavy atom. The maximum Gasteiger partial charge on any atom is 0.363 e. The first-order chi connectivity index (χ1) is 12.5. The van der Waals surface area contributed by atoms with Gasteiger partial charge in [-0.25, -0.2) is 14.8 Å². The number of carbonyl (C=O) groups excluding carboxylic acids is 2. The van der Waals surface area contributed by atoms with Crippen LogP contribution in [0.3, 0.4) is 0 Å². The number of anilines is 1. The fraction of sp³-hybridized carbons (Fsp3) is 0.222. The molecule has 0 N–H and O–H groups in total. The Bertz CT molecular complexity index is 899. The summed E-state index contributed by atoms with van der Waals surface area (Å²) in [7, 11) is 1.58. The van der Waals surface area contributed by atoms with E-state index in [0.29, 0.717) is 28.7 Å². The molecule has 0 radical (unpaired) electrons. The lowest BCUT2D eigenvalue weighted by Gasteiger charge is -2.14. The number of carbonyl (C=O) groups is 2. The van der Waals surface area contributed by atoms with Crippen LogP contribution in [-0.2, 0) is 14.3 Å². The number of ether oxygens (including phenoxy) is 2. The fourth-order valence-electron chi connectivity index (χ4n) is 2.37. The summed E-state index contributed by atoms with van der Waals surface area (Å²) >= 11 is 1.33. The van der Waals surface area contributed by atoms with Crippen LogP contribution in [0, 0.1) is 0 Å². The molecule has 2 aromatic rings. The van der Waals surface area contributed by atoms with Gasteiger partial charge in [0.05, 0.1) is 12.8 Å². The number of hydrogen-bond acceptors (Lipinski definition) is 7. The van der Waals surface area contributed by atoms with Gasteiger partial charge in [0.2, 0.25) is 11.8 Å². The zero-order valence-electron chi connectivity index (χ0n) is 14.6. The molecule has 26 heavy (non-hydrogen) atoms. The Morgan fingerprint density at radius 3 is 2.69 bits per heavy atom. The van der Waals surface area contributed by atoms with Crippen molar-refractivity contribution in [1.29, 1.82) is 0 Å². The van der Waals surface area contributed by atoms with Gasteiger partial charge in [0.25, 0.3) is 0 Å². The van der Waals surface area contributed by atoms with Crippen molar-refractivity contribution in [3.8, 4) is 5.75 Å². The van der Waals surface area contributed by atoms with Crippen molar-refractivity contribution >= 4 is 40.3 Å². The second-order valence-corrected chi connectivity index (χ2v) is 6.22. The number of esters is 1. The van der Waals surface area contributed by atoms with Crippen LogP contribution in [0.2, 0.25) is 0 Å². The molecule has 0 unspecified atom stereocenters. The molecule has 1 aliphatic heterocycles. The molecule has 1 aliphatic rings. The summed E-state index contributed by atoms with van der Waals surface area (Å²) in [5.41, 5.74) is 1.39. The van der Waals surface area contributed by atoms with Crippen molar-refractivity contribution in [2.75, 3.05) is 18.6 Å². The number of hydrogen-bond donors (Lipinski definition) is 0. The second kappa shape index (κ2) is 7.49. The molecule has 2 heterocycles. The SMILES string of the molecule is CCN(C(C)=O)c1nc(/C=C2\N=C(c3ccc(OC)cc3)OC2=O)cs1. The molecular formula is C18H17N3O4S. The van der Waals surface area contributed by atoms with Crippen LogP contribution in [0.25, 0.3) is 6.08 Å². The van der Waals surface area contributed by atoms with Crippen LogP contribution in [0.5, 0.6) is 5.75 Å². The standard InChI is InChI=1S/C18H17N3O4S/c1-4-21(11(2)22)18-19-13(10-26-18)9-15-17(23)25-16(20-15)12-5-7-14(24-3)8-6-12/h5-10H,4H2,1-3H3/b15-9-. The molecule has 0 atom stereocenters. The van der Waals surface area contributed by atoms with E-state index < -0.39 is 5.97 Å². The maximum absolute atomic E-state index is 12.1. The van der Waals surface area contributed by atoms with Crippen LogP contribution in [-0.4, -0.2) is 36.4 Å². The van der Waals surface area contributed by atoms with Gasteiger partial charge in [-0.05, 0) is 37.3 Å². The lowest BCUT2D eigenvalue weighted by atomic mass is 10.2. The van der Waals surface area contributed by atoms with Crippen LogP contribution in [0.15, 0.2) is 40.3 Å². The average molecular weight is 371 g/mol. The van der Waals surface area contributed by atoms with Gasteiger partial charge in [0, 0.05) is 24.4 Å². The van der Waals surface area contributed by atoms with Crippen molar-refractivity contribution < 1.29 is 19.1 Å². The number of aliphatic imine (C=N–C) groups is 1. The number of cyclic esters (lactones) is 1. The smallest absolute Gasteiger partial charge is 0.363 e. The lowest BCUT2D eigenvalue weighted by Crippen LogP contribution is -2.27. The van der Waals surface area contributed by atoms with Gasteiger partial charge in [-0.2, -0.15) is 0 Å². The first kappa shape index (κ1) is 17.8. The largest absolute Gasteiger partial charge is 0.497 e. The van der Waals surface area contributed by atoms with E-state index in [1.165, 1.54) is 18.3 Å². The van der Waals surface area contributed by atoms with E-state index in [9.17, 15) is 9.59 Å². The van der Waals surface area contributed by atoms with E-state index in [-0.39, 0.29) is 17.5 Å². The normalized spacial score (nSPS) is 15.0. The van der Waals surface area contributed by atoms with Crippen LogP contribution in [0.4, 0.5) is 5.13 Å². The first-order valence-corrected chi connectivity index (χ1v) is 8.80. The molecule has 3 rings (SSSR count). The highest BCUT2D eigenvalue weighted by molar-refractivity contribution is 7.14. The Morgan fingerprint density at radius 2 is 2.08 bits per heavy atom. The fourth-order valence-corrected chi connectivity index (χ4v) is 3.26. The van der Waals surface area contributed by atoms with Gasteiger partial charge < -0.3 is 9.47 Å². The molecule has 134 valence electrons. The zero-order valence-corrected chi connectivity index (χ0v) is 15.4.